The summed E-state index contributed by atoms with van der Waals surface area (Å²) < 4.78 is 40.0. The third-order valence-corrected chi connectivity index (χ3v) is 4.88. The Hall–Kier alpha value is -2.12. The van der Waals surface area contributed by atoms with Gasteiger partial charge in [-0.3, -0.25) is 4.72 Å². The molecule has 2 aromatic carbocycles. The number of rotatable bonds is 4. The minimum atomic E-state index is -4.06. The first-order valence-corrected chi connectivity index (χ1v) is 7.89. The minimum Gasteiger partial charge on any atom is -0.478 e. The topological polar surface area (TPSA) is 83.5 Å². The summed E-state index contributed by atoms with van der Waals surface area (Å²) in [6, 6.07) is 7.10. The molecule has 0 saturated carbocycles. The van der Waals surface area contributed by atoms with E-state index in [0.29, 0.717) is 5.56 Å². The van der Waals surface area contributed by atoms with E-state index in [1.807, 2.05) is 0 Å². The van der Waals surface area contributed by atoms with Crippen LogP contribution in [0.3, 0.4) is 0 Å². The van der Waals surface area contributed by atoms with E-state index in [1.165, 1.54) is 25.1 Å². The third-order valence-electron chi connectivity index (χ3n) is 2.96. The van der Waals surface area contributed by atoms with Crippen LogP contribution in [0.5, 0.6) is 0 Å². The van der Waals surface area contributed by atoms with Gasteiger partial charge in [-0.1, -0.05) is 17.7 Å². The minimum absolute atomic E-state index is 0.0827. The number of anilines is 1. The maximum Gasteiger partial charge on any atom is 0.337 e. The molecule has 2 N–H and O–H groups in total. The van der Waals surface area contributed by atoms with Crippen LogP contribution in [0.25, 0.3) is 0 Å². The summed E-state index contributed by atoms with van der Waals surface area (Å²) in [6.45, 7) is 1.53. The van der Waals surface area contributed by atoms with Crippen LogP contribution in [0.4, 0.5) is 10.1 Å². The van der Waals surface area contributed by atoms with Gasteiger partial charge in [0.1, 0.15) is 5.82 Å². The zero-order chi connectivity index (χ0) is 16.5. The van der Waals surface area contributed by atoms with Crippen molar-refractivity contribution in [3.05, 3.63) is 58.4 Å². The second-order valence-electron chi connectivity index (χ2n) is 4.46. The number of aromatic carboxylic acids is 1. The van der Waals surface area contributed by atoms with Crippen LogP contribution < -0.4 is 4.72 Å². The van der Waals surface area contributed by atoms with E-state index in [0.717, 1.165) is 18.2 Å². The van der Waals surface area contributed by atoms with Crippen molar-refractivity contribution in [2.75, 3.05) is 4.72 Å². The normalized spacial score (nSPS) is 11.2. The Bertz CT molecular complexity index is 852. The van der Waals surface area contributed by atoms with Gasteiger partial charge in [0.2, 0.25) is 0 Å². The Labute approximate surface area is 131 Å². The van der Waals surface area contributed by atoms with Gasteiger partial charge in [-0.05, 0) is 42.8 Å². The van der Waals surface area contributed by atoms with Crippen LogP contribution in [0, 0.1) is 12.7 Å². The van der Waals surface area contributed by atoms with Crippen LogP contribution in [0.2, 0.25) is 5.02 Å². The molecular formula is C14H11ClFNO4S. The summed E-state index contributed by atoms with van der Waals surface area (Å²) in [5.74, 6) is -2.22. The zero-order valence-corrected chi connectivity index (χ0v) is 12.9. The fourth-order valence-corrected chi connectivity index (χ4v) is 3.44. The molecule has 2 aromatic rings. The molecule has 0 radical (unpaired) electrons. The smallest absolute Gasteiger partial charge is 0.337 e. The second kappa shape index (κ2) is 5.94. The number of nitrogens with one attached hydrogen (secondary N) is 1. The van der Waals surface area contributed by atoms with Gasteiger partial charge in [0.25, 0.3) is 10.0 Å². The highest BCUT2D eigenvalue weighted by Crippen LogP contribution is 2.26. The SMILES string of the molecule is Cc1c(Cl)cccc1S(=O)(=O)Nc1ccc(F)cc1C(=O)O. The summed E-state index contributed by atoms with van der Waals surface area (Å²) in [5, 5.41) is 9.30. The first kappa shape index (κ1) is 16.3. The van der Waals surface area contributed by atoms with E-state index in [2.05, 4.69) is 4.72 Å². The number of hydrogen-bond donors (Lipinski definition) is 2. The monoisotopic (exact) mass is 343 g/mol. The summed E-state index contributed by atoms with van der Waals surface area (Å²) in [7, 11) is -4.06. The van der Waals surface area contributed by atoms with Crippen molar-refractivity contribution in [3.8, 4) is 0 Å². The summed E-state index contributed by atoms with van der Waals surface area (Å²) in [6.07, 6.45) is 0. The molecule has 0 spiro atoms. The number of halogens is 2. The maximum atomic E-state index is 13.1. The van der Waals surface area contributed by atoms with Gasteiger partial charge in [0, 0.05) is 5.02 Å². The molecule has 22 heavy (non-hydrogen) atoms. The Balaban J connectivity index is 2.50. The Morgan fingerprint density at radius 3 is 2.59 bits per heavy atom. The zero-order valence-electron chi connectivity index (χ0n) is 11.3. The lowest BCUT2D eigenvalue weighted by Crippen LogP contribution is -2.17. The maximum absolute atomic E-state index is 13.1. The summed E-state index contributed by atoms with van der Waals surface area (Å²) in [4.78, 5) is 11.0. The fourth-order valence-electron chi connectivity index (χ4n) is 1.86. The lowest BCUT2D eigenvalue weighted by Gasteiger charge is -2.13. The lowest BCUT2D eigenvalue weighted by molar-refractivity contribution is 0.0697. The van der Waals surface area contributed by atoms with Crippen LogP contribution >= 0.6 is 11.6 Å². The molecule has 5 nitrogen and oxygen atoms in total. The van der Waals surface area contributed by atoms with E-state index in [-0.39, 0.29) is 15.6 Å². The number of carboxylic acids is 1. The van der Waals surface area contributed by atoms with E-state index in [9.17, 15) is 17.6 Å². The molecule has 0 bridgehead atoms. The predicted octanol–water partition coefficient (Wildman–Crippen LogP) is 3.29. The van der Waals surface area contributed by atoms with Crippen molar-refractivity contribution in [3.63, 3.8) is 0 Å². The molecule has 0 aromatic heterocycles. The van der Waals surface area contributed by atoms with Crippen LogP contribution in [-0.4, -0.2) is 19.5 Å². The standard InChI is InChI=1S/C14H11ClFNO4S/c1-8-11(15)3-2-4-13(8)22(20,21)17-12-6-5-9(16)7-10(12)14(18)19/h2-7,17H,1H3,(H,18,19). The average Bonchev–Trinajstić information content (AvgIpc) is 2.43. The van der Waals surface area contributed by atoms with Gasteiger partial charge in [-0.25, -0.2) is 17.6 Å². The second-order valence-corrected chi connectivity index (χ2v) is 6.52. The first-order chi connectivity index (χ1) is 10.2. The molecule has 0 aliphatic heterocycles. The molecule has 2 rings (SSSR count). The van der Waals surface area contributed by atoms with Crippen molar-refractivity contribution in [2.24, 2.45) is 0 Å². The van der Waals surface area contributed by atoms with Crippen LogP contribution in [0.1, 0.15) is 15.9 Å². The van der Waals surface area contributed by atoms with Crippen molar-refractivity contribution >= 4 is 33.3 Å². The Morgan fingerprint density at radius 1 is 1.27 bits per heavy atom. The fraction of sp³-hybridized carbons (Fsp3) is 0.0714. The van der Waals surface area contributed by atoms with Gasteiger partial charge in [0.15, 0.2) is 0 Å². The van der Waals surface area contributed by atoms with Crippen molar-refractivity contribution < 1.29 is 22.7 Å². The van der Waals surface area contributed by atoms with Gasteiger partial charge in [-0.15, -0.1) is 0 Å². The molecule has 0 heterocycles. The number of carbonyl (C=O) groups is 1. The molecule has 0 aliphatic carbocycles. The molecule has 0 saturated heterocycles. The number of carboxylic acid groups (broad SMARTS) is 1. The predicted molar refractivity (Wildman–Crippen MR) is 80.4 cm³/mol. The Morgan fingerprint density at radius 2 is 1.95 bits per heavy atom. The van der Waals surface area contributed by atoms with Gasteiger partial charge < -0.3 is 5.11 Å². The van der Waals surface area contributed by atoms with E-state index in [1.54, 1.807) is 0 Å². The largest absolute Gasteiger partial charge is 0.478 e. The molecule has 0 unspecified atom stereocenters. The van der Waals surface area contributed by atoms with Gasteiger partial charge >= 0.3 is 5.97 Å². The molecule has 0 atom stereocenters. The Kier molecular flexibility index (Phi) is 4.39. The molecular weight excluding hydrogens is 333 g/mol. The molecule has 0 fully saturated rings. The lowest BCUT2D eigenvalue weighted by atomic mass is 10.2. The number of hydrogen-bond acceptors (Lipinski definition) is 3. The molecule has 0 aliphatic rings. The summed E-state index contributed by atoms with van der Waals surface area (Å²) in [5.41, 5.74) is -0.382. The molecule has 0 amide bonds. The van der Waals surface area contributed by atoms with E-state index in [4.69, 9.17) is 16.7 Å². The van der Waals surface area contributed by atoms with Crippen LogP contribution in [-0.2, 0) is 10.0 Å². The van der Waals surface area contributed by atoms with E-state index >= 15 is 0 Å². The average molecular weight is 344 g/mol. The highest BCUT2D eigenvalue weighted by Gasteiger charge is 2.21. The highest BCUT2D eigenvalue weighted by atomic mass is 35.5. The quantitative estimate of drug-likeness (QED) is 0.892. The third kappa shape index (κ3) is 3.20. The van der Waals surface area contributed by atoms with Crippen LogP contribution in [0.15, 0.2) is 41.3 Å². The van der Waals surface area contributed by atoms with Crippen molar-refractivity contribution in [1.82, 2.24) is 0 Å². The van der Waals surface area contributed by atoms with E-state index < -0.39 is 27.4 Å². The number of sulfonamides is 1. The highest BCUT2D eigenvalue weighted by molar-refractivity contribution is 7.92. The van der Waals surface area contributed by atoms with Crippen molar-refractivity contribution in [1.29, 1.82) is 0 Å². The van der Waals surface area contributed by atoms with Gasteiger partial charge in [-0.2, -0.15) is 0 Å². The molecule has 8 heteroatoms. The van der Waals surface area contributed by atoms with Crippen molar-refractivity contribution in [2.45, 2.75) is 11.8 Å². The van der Waals surface area contributed by atoms with Gasteiger partial charge in [0.05, 0.1) is 16.1 Å². The summed E-state index contributed by atoms with van der Waals surface area (Å²) >= 11 is 5.89. The number of benzene rings is 2. The first-order valence-electron chi connectivity index (χ1n) is 6.03. The molecule has 116 valence electrons.